The van der Waals surface area contributed by atoms with E-state index in [0.29, 0.717) is 6.42 Å². The van der Waals surface area contributed by atoms with Crippen LogP contribution in [0.4, 0.5) is 0 Å². The second kappa shape index (κ2) is 5.71. The van der Waals surface area contributed by atoms with E-state index in [2.05, 4.69) is 0 Å². The van der Waals surface area contributed by atoms with Crippen LogP contribution in [0.25, 0.3) is 0 Å². The van der Waals surface area contributed by atoms with Gasteiger partial charge in [-0.3, -0.25) is 0 Å². The van der Waals surface area contributed by atoms with Gasteiger partial charge in [-0.05, 0) is 18.3 Å². The number of rotatable bonds is 7. The summed E-state index contributed by atoms with van der Waals surface area (Å²) >= 11 is 0. The fraction of sp³-hybridized carbons (Fsp3) is 1.00. The second-order valence-electron chi connectivity index (χ2n) is 4.21. The summed E-state index contributed by atoms with van der Waals surface area (Å²) < 4.78 is 22.6. The third-order valence-corrected chi connectivity index (χ3v) is 4.40. The summed E-state index contributed by atoms with van der Waals surface area (Å²) in [6.07, 6.45) is 2.42. The number of aliphatic hydroxyl groups is 1. The van der Waals surface area contributed by atoms with E-state index in [9.17, 15) is 13.5 Å². The molecule has 0 aliphatic rings. The highest BCUT2D eigenvalue weighted by Crippen LogP contribution is 2.27. The van der Waals surface area contributed by atoms with Gasteiger partial charge in [-0.2, -0.15) is 0 Å². The van der Waals surface area contributed by atoms with E-state index in [-0.39, 0.29) is 23.5 Å². The fourth-order valence-electron chi connectivity index (χ4n) is 1.43. The fourth-order valence-corrected chi connectivity index (χ4v) is 2.53. The van der Waals surface area contributed by atoms with E-state index in [0.717, 1.165) is 12.8 Å². The number of aliphatic hydroxyl groups excluding tert-OH is 1. The Labute approximate surface area is 87.4 Å². The van der Waals surface area contributed by atoms with Crippen molar-refractivity contribution in [2.24, 2.45) is 5.41 Å². The molecule has 0 aliphatic heterocycles. The summed E-state index contributed by atoms with van der Waals surface area (Å²) in [6, 6.07) is 0. The van der Waals surface area contributed by atoms with E-state index < -0.39 is 9.84 Å². The lowest BCUT2D eigenvalue weighted by Crippen LogP contribution is -2.25. The maximum atomic E-state index is 11.3. The van der Waals surface area contributed by atoms with Crippen molar-refractivity contribution in [3.05, 3.63) is 0 Å². The Balaban J connectivity index is 4.21. The molecule has 0 amide bonds. The number of sulfone groups is 1. The molecule has 0 aromatic carbocycles. The maximum Gasteiger partial charge on any atom is 0.150 e. The second-order valence-corrected chi connectivity index (χ2v) is 6.68. The Hall–Kier alpha value is -0.0900. The molecule has 1 atom stereocenters. The lowest BCUT2D eigenvalue weighted by Gasteiger charge is -2.26. The Morgan fingerprint density at radius 3 is 2.14 bits per heavy atom. The molecule has 0 saturated heterocycles. The Morgan fingerprint density at radius 2 is 1.79 bits per heavy atom. The predicted molar refractivity (Wildman–Crippen MR) is 59.0 cm³/mol. The lowest BCUT2D eigenvalue weighted by atomic mass is 9.84. The Morgan fingerprint density at radius 1 is 1.21 bits per heavy atom. The summed E-state index contributed by atoms with van der Waals surface area (Å²) in [6.45, 7) is 5.72. The van der Waals surface area contributed by atoms with Crippen molar-refractivity contribution in [3.63, 3.8) is 0 Å². The molecular formula is C10H22O3S. The maximum absolute atomic E-state index is 11.3. The third kappa shape index (κ3) is 4.96. The van der Waals surface area contributed by atoms with Crippen LogP contribution >= 0.6 is 0 Å². The molecule has 14 heavy (non-hydrogen) atoms. The first-order valence-corrected chi connectivity index (χ1v) is 7.02. The number of hydrogen-bond donors (Lipinski definition) is 1. The minimum Gasteiger partial charge on any atom is -0.396 e. The molecule has 1 N–H and O–H groups in total. The summed E-state index contributed by atoms with van der Waals surface area (Å²) in [5.74, 6) is 0.390. The van der Waals surface area contributed by atoms with Gasteiger partial charge >= 0.3 is 0 Å². The molecule has 0 fully saturated rings. The minimum absolute atomic E-state index is 0.0695. The van der Waals surface area contributed by atoms with Crippen molar-refractivity contribution in [1.29, 1.82) is 0 Å². The van der Waals surface area contributed by atoms with E-state index >= 15 is 0 Å². The number of hydrogen-bond acceptors (Lipinski definition) is 3. The van der Waals surface area contributed by atoms with Crippen molar-refractivity contribution in [2.45, 2.75) is 40.0 Å². The average Bonchev–Trinajstić information content (AvgIpc) is 2.16. The SMILES string of the molecule is CCCC(C)(CO)CCS(=O)(=O)CC. The van der Waals surface area contributed by atoms with Crippen LogP contribution in [0.15, 0.2) is 0 Å². The first-order chi connectivity index (χ1) is 6.39. The molecule has 0 bridgehead atoms. The van der Waals surface area contributed by atoms with Gasteiger partial charge in [-0.15, -0.1) is 0 Å². The monoisotopic (exact) mass is 222 g/mol. The van der Waals surface area contributed by atoms with Crippen molar-refractivity contribution in [1.82, 2.24) is 0 Å². The van der Waals surface area contributed by atoms with Gasteiger partial charge < -0.3 is 5.11 Å². The zero-order valence-electron chi connectivity index (χ0n) is 9.41. The molecule has 4 heteroatoms. The predicted octanol–water partition coefficient (Wildman–Crippen LogP) is 1.61. The molecule has 86 valence electrons. The first-order valence-electron chi connectivity index (χ1n) is 5.20. The molecule has 0 saturated carbocycles. The van der Waals surface area contributed by atoms with E-state index in [1.54, 1.807) is 6.92 Å². The van der Waals surface area contributed by atoms with Gasteiger partial charge in [0.2, 0.25) is 0 Å². The summed E-state index contributed by atoms with van der Waals surface area (Å²) in [4.78, 5) is 0. The molecule has 3 nitrogen and oxygen atoms in total. The van der Waals surface area contributed by atoms with E-state index in [1.807, 2.05) is 13.8 Å². The Bertz CT molecular complexity index is 246. The van der Waals surface area contributed by atoms with Crippen LogP contribution in [0.5, 0.6) is 0 Å². The normalized spacial score (nSPS) is 16.6. The molecule has 0 spiro atoms. The Kier molecular flexibility index (Phi) is 5.67. The van der Waals surface area contributed by atoms with Gasteiger partial charge in [-0.25, -0.2) is 8.42 Å². The van der Waals surface area contributed by atoms with Crippen LogP contribution in [0, 0.1) is 5.41 Å². The standard InChI is InChI=1S/C10H22O3S/c1-4-6-10(3,9-11)7-8-14(12,13)5-2/h11H,4-9H2,1-3H3. The summed E-state index contributed by atoms with van der Waals surface area (Å²) in [5.41, 5.74) is -0.225. The molecule has 0 aromatic rings. The minimum atomic E-state index is -2.89. The van der Waals surface area contributed by atoms with Crippen LogP contribution in [0.3, 0.4) is 0 Å². The highest BCUT2D eigenvalue weighted by molar-refractivity contribution is 7.91. The molecule has 0 heterocycles. The zero-order valence-corrected chi connectivity index (χ0v) is 10.2. The smallest absolute Gasteiger partial charge is 0.150 e. The molecule has 0 radical (unpaired) electrons. The van der Waals surface area contributed by atoms with Gasteiger partial charge in [0.05, 0.1) is 5.75 Å². The van der Waals surface area contributed by atoms with Crippen LogP contribution < -0.4 is 0 Å². The lowest BCUT2D eigenvalue weighted by molar-refractivity contribution is 0.128. The van der Waals surface area contributed by atoms with Gasteiger partial charge in [0.25, 0.3) is 0 Å². The van der Waals surface area contributed by atoms with Gasteiger partial charge in [-0.1, -0.05) is 27.2 Å². The van der Waals surface area contributed by atoms with Crippen molar-refractivity contribution < 1.29 is 13.5 Å². The third-order valence-electron chi connectivity index (χ3n) is 2.69. The average molecular weight is 222 g/mol. The van der Waals surface area contributed by atoms with Crippen LogP contribution in [0.1, 0.15) is 40.0 Å². The van der Waals surface area contributed by atoms with Crippen LogP contribution in [-0.4, -0.2) is 31.6 Å². The van der Waals surface area contributed by atoms with Crippen molar-refractivity contribution >= 4 is 9.84 Å². The zero-order chi connectivity index (χ0) is 11.2. The van der Waals surface area contributed by atoms with Crippen LogP contribution in [0.2, 0.25) is 0 Å². The quantitative estimate of drug-likeness (QED) is 0.712. The van der Waals surface area contributed by atoms with Gasteiger partial charge in [0, 0.05) is 12.4 Å². The molecule has 1 unspecified atom stereocenters. The van der Waals surface area contributed by atoms with E-state index in [4.69, 9.17) is 0 Å². The first kappa shape index (κ1) is 13.9. The van der Waals surface area contributed by atoms with Crippen molar-refractivity contribution in [3.8, 4) is 0 Å². The van der Waals surface area contributed by atoms with Crippen molar-refractivity contribution in [2.75, 3.05) is 18.1 Å². The largest absolute Gasteiger partial charge is 0.396 e. The molecule has 0 aromatic heterocycles. The topological polar surface area (TPSA) is 54.4 Å². The van der Waals surface area contributed by atoms with E-state index in [1.165, 1.54) is 0 Å². The van der Waals surface area contributed by atoms with Crippen LogP contribution in [-0.2, 0) is 9.84 Å². The van der Waals surface area contributed by atoms with Gasteiger partial charge in [0.1, 0.15) is 9.84 Å². The summed E-state index contributed by atoms with van der Waals surface area (Å²) in [5, 5.41) is 9.19. The summed E-state index contributed by atoms with van der Waals surface area (Å²) in [7, 11) is -2.89. The molecular weight excluding hydrogens is 200 g/mol. The highest BCUT2D eigenvalue weighted by atomic mass is 32.2. The van der Waals surface area contributed by atoms with Gasteiger partial charge in [0.15, 0.2) is 0 Å². The molecule has 0 aliphatic carbocycles. The highest BCUT2D eigenvalue weighted by Gasteiger charge is 2.24. The molecule has 0 rings (SSSR count).